The van der Waals surface area contributed by atoms with Gasteiger partial charge in [0.1, 0.15) is 57.7 Å². The van der Waals surface area contributed by atoms with Crippen molar-refractivity contribution in [3.63, 3.8) is 0 Å². The number of H-pyrrole nitrogens is 2. The van der Waals surface area contributed by atoms with Crippen molar-refractivity contribution in [1.29, 1.82) is 5.26 Å². The molecule has 7 heterocycles. The van der Waals surface area contributed by atoms with Gasteiger partial charge in [0.05, 0.1) is 99.9 Å². The quantitative estimate of drug-likeness (QED) is 0.0142. The van der Waals surface area contributed by atoms with Crippen LogP contribution < -0.4 is 28.4 Å². The number of carboxylic acids is 1. The predicted molar refractivity (Wildman–Crippen MR) is 478 cm³/mol. The van der Waals surface area contributed by atoms with Gasteiger partial charge < -0.3 is 47.9 Å². The number of aromatic nitrogens is 4. The third-order valence-corrected chi connectivity index (χ3v) is 22.4. The zero-order valence-electron chi connectivity index (χ0n) is 69.9. The predicted octanol–water partition coefficient (Wildman–Crippen LogP) is 28.8. The highest BCUT2D eigenvalue weighted by molar-refractivity contribution is 7.16. The van der Waals surface area contributed by atoms with Crippen LogP contribution in [0.4, 0.5) is 0 Å². The van der Waals surface area contributed by atoms with E-state index in [-0.39, 0.29) is 5.76 Å². The number of carbonyl (C=O) groups is 1. The van der Waals surface area contributed by atoms with Crippen molar-refractivity contribution in [2.45, 2.75) is 273 Å². The Morgan fingerprint density at radius 2 is 0.696 bits per heavy atom. The normalized spacial score (nSPS) is 11.8. The van der Waals surface area contributed by atoms with Crippen molar-refractivity contribution >= 4 is 69.8 Å². The second-order valence-electron chi connectivity index (χ2n) is 30.7. The summed E-state index contributed by atoms with van der Waals surface area (Å²) in [5.74, 6) is 11.0. The van der Waals surface area contributed by atoms with E-state index in [9.17, 15) is 15.2 Å². The number of unbranched alkanes of at least 4 members (excludes halogenated alkanes) is 30. The number of hydrogen-bond donors (Lipinski definition) is 3. The third kappa shape index (κ3) is 26.4. The summed E-state index contributed by atoms with van der Waals surface area (Å²) in [7, 11) is 0. The highest BCUT2D eigenvalue weighted by Gasteiger charge is 2.28. The Morgan fingerprint density at radius 3 is 1.03 bits per heavy atom. The van der Waals surface area contributed by atoms with Crippen LogP contribution in [0, 0.1) is 23.2 Å². The number of benzene rings is 3. The van der Waals surface area contributed by atoms with Crippen LogP contribution in [-0.4, -0.2) is 70.7 Å². The van der Waals surface area contributed by atoms with Gasteiger partial charge in [-0.1, -0.05) is 264 Å². The average molecular weight is 1580 g/mol. The van der Waals surface area contributed by atoms with E-state index in [0.717, 1.165) is 192 Å². The van der Waals surface area contributed by atoms with E-state index in [4.69, 9.17) is 42.8 Å². The number of ether oxygens (including phenoxy) is 6. The van der Waals surface area contributed by atoms with Gasteiger partial charge in [0.2, 0.25) is 0 Å². The number of aromatic amines is 2. The fourth-order valence-corrected chi connectivity index (χ4v) is 15.8. The number of nitrogens with zero attached hydrogens (tertiary/aromatic N) is 3. The van der Waals surface area contributed by atoms with Crippen LogP contribution in [0.5, 0.6) is 34.5 Å². The molecule has 0 saturated carbocycles. The maximum atomic E-state index is 11.8. The van der Waals surface area contributed by atoms with Gasteiger partial charge >= 0.3 is 5.97 Å². The first kappa shape index (κ1) is 87.7. The molecular formula is C100H127N5O9S. The van der Waals surface area contributed by atoms with E-state index in [1.165, 1.54) is 133 Å². The van der Waals surface area contributed by atoms with Gasteiger partial charge in [-0.05, 0) is 148 Å². The Morgan fingerprint density at radius 1 is 0.383 bits per heavy atom. The molecule has 2 aliphatic heterocycles. The van der Waals surface area contributed by atoms with E-state index in [1.54, 1.807) is 18.2 Å². The number of aliphatic carboxylic acids is 1. The summed E-state index contributed by atoms with van der Waals surface area (Å²) in [5.41, 5.74) is 10.9. The molecule has 14 nitrogen and oxygen atoms in total. The van der Waals surface area contributed by atoms with E-state index in [2.05, 4.69) is 167 Å². The molecule has 0 saturated heterocycles. The van der Waals surface area contributed by atoms with Crippen molar-refractivity contribution < 1.29 is 42.7 Å². The summed E-state index contributed by atoms with van der Waals surface area (Å²) < 4.78 is 48.8. The molecular weight excluding hydrogens is 1450 g/mol. The molecule has 115 heavy (non-hydrogen) atoms. The standard InChI is InChI=1S/C100H127N5O9S/c1-7-13-19-25-31-37-66-108-87-46-43-47-88(109-67-38-32-26-20-14-8-2)97(87)94-80-58-56-78(102-80)77(55-53-76-54-65-93(115-76)86-64-52-75(114-86)72-74(73-101)100(106)107)79-57-59-81(103-79)95(98-89(110-68-39-33-27-21-15-9-3)48-44-49-90(98)111-69-40-34-28-22-16-10-4)83-61-63-85(105-83)96(84-62-60-82(94)104-84)99-91(112-70-41-35-29-23-17-11-5)50-45-51-92(99)113-71-42-36-30-24-18-12-6/h43-52,54,56-65,72,102,105H,7-42,66-71H2,1-6H3,(H,106,107)/b74-72-,78-77?,79-77?,94-80?,94-82?,95-81?,95-83?,96-84?,96-85?. The van der Waals surface area contributed by atoms with E-state index in [1.807, 2.05) is 12.1 Å². The van der Waals surface area contributed by atoms with Crippen LogP contribution >= 0.6 is 11.3 Å². The Bertz CT molecular complexity index is 4530. The number of rotatable bonds is 54. The summed E-state index contributed by atoms with van der Waals surface area (Å²) in [5, 5.41) is 19.2. The largest absolute Gasteiger partial charge is 0.493 e. The topological polar surface area (TPSA) is 187 Å². The maximum Gasteiger partial charge on any atom is 0.346 e. The van der Waals surface area contributed by atoms with Crippen LogP contribution in [0.1, 0.15) is 312 Å². The first-order valence-corrected chi connectivity index (χ1v) is 44.9. The number of nitriles is 1. The van der Waals surface area contributed by atoms with E-state index in [0.29, 0.717) is 96.7 Å². The zero-order chi connectivity index (χ0) is 80.4. The molecule has 8 bridgehead atoms. The number of furan rings is 1. The maximum absolute atomic E-state index is 11.8. The lowest BCUT2D eigenvalue weighted by atomic mass is 10.0. The number of fused-ring (bicyclic) bond motifs is 8. The van der Waals surface area contributed by atoms with Gasteiger partial charge in [-0.25, -0.2) is 14.8 Å². The number of thiophene rings is 1. The minimum atomic E-state index is -1.33. The van der Waals surface area contributed by atoms with Gasteiger partial charge in [0.15, 0.2) is 0 Å². The molecule has 0 atom stereocenters. The summed E-state index contributed by atoms with van der Waals surface area (Å²) in [4.78, 5) is 33.2. The highest BCUT2D eigenvalue weighted by Crippen LogP contribution is 2.49. The van der Waals surface area contributed by atoms with Gasteiger partial charge in [0.25, 0.3) is 0 Å². The average Bonchev–Trinajstić information content (AvgIpc) is 1.62. The summed E-state index contributed by atoms with van der Waals surface area (Å²) in [6.07, 6.45) is 50.2. The molecule has 3 N–H and O–H groups in total. The first-order valence-electron chi connectivity index (χ1n) is 44.1. The summed E-state index contributed by atoms with van der Waals surface area (Å²) in [6, 6.07) is 36.4. The fourth-order valence-electron chi connectivity index (χ4n) is 15.0. The van der Waals surface area contributed by atoms with Crippen molar-refractivity contribution in [1.82, 2.24) is 19.9 Å². The second kappa shape index (κ2) is 49.3. The van der Waals surface area contributed by atoms with Crippen LogP contribution in [0.3, 0.4) is 0 Å². The molecule has 0 amide bonds. The molecule has 3 aromatic carbocycles. The van der Waals surface area contributed by atoms with E-state index < -0.39 is 11.5 Å². The number of nitrogens with one attached hydrogen (secondary N) is 2. The minimum Gasteiger partial charge on any atom is -0.493 e. The molecule has 2 aliphatic rings. The Kier molecular flexibility index (Phi) is 37.6. The molecule has 0 fully saturated rings. The third-order valence-electron chi connectivity index (χ3n) is 21.4. The lowest BCUT2D eigenvalue weighted by Crippen LogP contribution is -2.04. The monoisotopic (exact) mass is 1570 g/mol. The molecule has 8 aromatic rings. The molecule has 5 aromatic heterocycles. The van der Waals surface area contributed by atoms with Gasteiger partial charge in [0, 0.05) is 39.3 Å². The van der Waals surface area contributed by atoms with Crippen LogP contribution in [0.15, 0.2) is 113 Å². The van der Waals surface area contributed by atoms with Gasteiger partial charge in [-0.2, -0.15) is 5.26 Å². The molecule has 0 radical (unpaired) electrons. The summed E-state index contributed by atoms with van der Waals surface area (Å²) in [6.45, 7) is 16.8. The molecule has 0 aliphatic carbocycles. The van der Waals surface area contributed by atoms with Crippen molar-refractivity contribution in [2.24, 2.45) is 0 Å². The van der Waals surface area contributed by atoms with Crippen LogP contribution in [0.2, 0.25) is 0 Å². The van der Waals surface area contributed by atoms with Crippen molar-refractivity contribution in [3.05, 3.63) is 148 Å². The van der Waals surface area contributed by atoms with Crippen LogP contribution in [-0.2, 0) is 4.79 Å². The smallest absolute Gasteiger partial charge is 0.346 e. The second-order valence-corrected chi connectivity index (χ2v) is 31.8. The van der Waals surface area contributed by atoms with E-state index >= 15 is 0 Å². The molecule has 15 heteroatoms. The molecule has 0 spiro atoms. The van der Waals surface area contributed by atoms with Gasteiger partial charge in [-0.15, -0.1) is 11.3 Å². The lowest BCUT2D eigenvalue weighted by molar-refractivity contribution is -0.132. The lowest BCUT2D eigenvalue weighted by Gasteiger charge is -2.18. The van der Waals surface area contributed by atoms with Crippen molar-refractivity contribution in [2.75, 3.05) is 39.6 Å². The Balaban J connectivity index is 1.28. The summed E-state index contributed by atoms with van der Waals surface area (Å²) >= 11 is 1.45. The highest BCUT2D eigenvalue weighted by atomic mass is 32.1. The van der Waals surface area contributed by atoms with Crippen LogP contribution in [0.25, 0.3) is 96.5 Å². The van der Waals surface area contributed by atoms with Gasteiger partial charge in [-0.3, -0.25) is 0 Å². The fraction of sp³-hybridized carbons (Fsp3) is 0.480. The number of hydrogen-bond acceptors (Lipinski definition) is 12. The molecule has 10 rings (SSSR count). The minimum absolute atomic E-state index is 0.255. The number of carboxylic acid groups (broad SMARTS) is 1. The zero-order valence-corrected chi connectivity index (χ0v) is 70.7. The van der Waals surface area contributed by atoms with Crippen molar-refractivity contribution in [3.8, 4) is 96.4 Å². The molecule has 612 valence electrons. The Hall–Kier alpha value is -9.70. The SMILES string of the molecule is CCCCCCCCOc1cccc(OCCCCCCCC)c1-c1c2nc(c(-c3c(OCCCCCCCC)cccc3OCCCCCCCC)c3ccc([nH]3)c(-c3c(OCCCCCCCC)cccc3OCCCCCCCC)c3nc(c(C#Cc4ccc(-c5ccc(/C=C(/C#N)C(=O)O)o5)s4)c4ccc1[nH]4)C=C3)C=C2. The first-order chi connectivity index (χ1) is 56.7. The molecule has 0 unspecified atom stereocenters. The Labute approximate surface area is 690 Å².